The van der Waals surface area contributed by atoms with Crippen LogP contribution in [0.25, 0.3) is 16.5 Å². The lowest BCUT2D eigenvalue weighted by Gasteiger charge is -2.26. The van der Waals surface area contributed by atoms with E-state index in [4.69, 9.17) is 9.84 Å². The monoisotopic (exact) mass is 652 g/mol. The predicted molar refractivity (Wildman–Crippen MR) is 186 cm³/mol. The highest BCUT2D eigenvalue weighted by Gasteiger charge is 2.23. The summed E-state index contributed by atoms with van der Waals surface area (Å²) >= 11 is 0. The second-order valence-corrected chi connectivity index (χ2v) is 15.2. The minimum atomic E-state index is -2.92. The second-order valence-electron chi connectivity index (χ2n) is 12.9. The number of carbonyl (C=O) groups is 1. The number of hydrogen-bond donors (Lipinski definition) is 2. The number of rotatable bonds is 9. The van der Waals surface area contributed by atoms with Gasteiger partial charge in [0.2, 0.25) is 0 Å². The highest BCUT2D eigenvalue weighted by molar-refractivity contribution is 7.91. The Morgan fingerprint density at radius 2 is 1.57 bits per heavy atom. The van der Waals surface area contributed by atoms with E-state index < -0.39 is 9.84 Å². The molecule has 2 N–H and O–H groups in total. The molecule has 1 saturated heterocycles. The van der Waals surface area contributed by atoms with E-state index in [0.717, 1.165) is 45.5 Å². The number of hydrogen-bond acceptors (Lipinski definition) is 7. The quantitative estimate of drug-likeness (QED) is 0.194. The third kappa shape index (κ3) is 7.98. The average Bonchev–Trinajstić information content (AvgIpc) is 3.48. The molecule has 11 heteroatoms. The van der Waals surface area contributed by atoms with Crippen molar-refractivity contribution in [1.29, 1.82) is 0 Å². The predicted octanol–water partition coefficient (Wildman–Crippen LogP) is 6.21. The molecule has 3 aromatic carbocycles. The first kappa shape index (κ1) is 32.2. The molecule has 6 rings (SSSR count). The van der Waals surface area contributed by atoms with E-state index in [2.05, 4.69) is 41.3 Å². The van der Waals surface area contributed by atoms with Crippen LogP contribution in [0.3, 0.4) is 0 Å². The molecule has 1 aliphatic rings. The van der Waals surface area contributed by atoms with Crippen LogP contribution < -0.4 is 15.4 Å². The van der Waals surface area contributed by atoms with Crippen molar-refractivity contribution in [3.8, 4) is 11.4 Å². The van der Waals surface area contributed by atoms with Crippen molar-refractivity contribution in [3.05, 3.63) is 108 Å². The Balaban J connectivity index is 1.17. The summed E-state index contributed by atoms with van der Waals surface area (Å²) in [6.45, 7) is 8.52. The summed E-state index contributed by atoms with van der Waals surface area (Å²) in [5.41, 5.74) is 4.30. The van der Waals surface area contributed by atoms with E-state index in [9.17, 15) is 13.2 Å². The summed E-state index contributed by atoms with van der Waals surface area (Å²) in [6.07, 6.45) is 4.31. The van der Waals surface area contributed by atoms with Crippen LogP contribution in [-0.4, -0.2) is 65.3 Å². The normalized spacial score (nSPS) is 15.0. The van der Waals surface area contributed by atoms with Crippen LogP contribution in [0.4, 0.5) is 16.3 Å². The van der Waals surface area contributed by atoms with Gasteiger partial charge in [-0.1, -0.05) is 57.2 Å². The van der Waals surface area contributed by atoms with Crippen LogP contribution in [0, 0.1) is 0 Å². The van der Waals surface area contributed by atoms with E-state index in [1.54, 1.807) is 17.1 Å². The Bertz CT molecular complexity index is 1950. The van der Waals surface area contributed by atoms with Gasteiger partial charge in [-0.2, -0.15) is 5.10 Å². The van der Waals surface area contributed by atoms with E-state index >= 15 is 0 Å². The second kappa shape index (κ2) is 13.5. The molecule has 2 aromatic heterocycles. The Labute approximate surface area is 275 Å². The van der Waals surface area contributed by atoms with Gasteiger partial charge in [-0.25, -0.2) is 17.9 Å². The molecule has 0 saturated carbocycles. The lowest BCUT2D eigenvalue weighted by Crippen LogP contribution is -2.39. The zero-order chi connectivity index (χ0) is 33.0. The smallest absolute Gasteiger partial charge is 0.324 e. The van der Waals surface area contributed by atoms with Crippen molar-refractivity contribution < 1.29 is 17.9 Å². The summed E-state index contributed by atoms with van der Waals surface area (Å²) < 4.78 is 31.5. The summed E-state index contributed by atoms with van der Waals surface area (Å²) in [6, 6.07) is 25.0. The maximum absolute atomic E-state index is 13.5. The molecule has 5 aromatic rings. The van der Waals surface area contributed by atoms with Crippen LogP contribution in [0.15, 0.2) is 91.3 Å². The molecular formula is C36H40N6O4S. The molecule has 47 heavy (non-hydrogen) atoms. The van der Waals surface area contributed by atoms with Gasteiger partial charge in [0.1, 0.15) is 11.6 Å². The SMILES string of the molecule is CC(C)(C)c1cc(NC(=O)Nc2ccc(OCCc3ccncc3)c3ccccc23)n(-c2ccc(CN3CCS(=O)(=O)CC3)cc2)n1. The van der Waals surface area contributed by atoms with Gasteiger partial charge in [-0.15, -0.1) is 0 Å². The van der Waals surface area contributed by atoms with E-state index in [0.29, 0.717) is 37.7 Å². The molecule has 0 radical (unpaired) electrons. The zero-order valence-electron chi connectivity index (χ0n) is 26.9. The van der Waals surface area contributed by atoms with E-state index in [-0.39, 0.29) is 23.0 Å². The third-order valence-electron chi connectivity index (χ3n) is 8.27. The number of urea groups is 1. The van der Waals surface area contributed by atoms with Gasteiger partial charge in [-0.05, 0) is 47.5 Å². The minimum absolute atomic E-state index is 0.200. The average molecular weight is 653 g/mol. The Kier molecular flexibility index (Phi) is 9.28. The lowest BCUT2D eigenvalue weighted by atomic mass is 9.92. The topological polar surface area (TPSA) is 118 Å². The largest absolute Gasteiger partial charge is 0.493 e. The van der Waals surface area contributed by atoms with Crippen molar-refractivity contribution >= 4 is 38.1 Å². The number of benzene rings is 3. The molecule has 0 spiro atoms. The van der Waals surface area contributed by atoms with E-state index in [1.807, 2.05) is 78.9 Å². The molecule has 10 nitrogen and oxygen atoms in total. The van der Waals surface area contributed by atoms with Crippen molar-refractivity contribution in [2.45, 2.75) is 39.2 Å². The van der Waals surface area contributed by atoms with Gasteiger partial charge in [0, 0.05) is 60.7 Å². The number of sulfone groups is 1. The van der Waals surface area contributed by atoms with Crippen LogP contribution in [-0.2, 0) is 28.2 Å². The van der Waals surface area contributed by atoms with Gasteiger partial charge in [0.25, 0.3) is 0 Å². The number of ether oxygens (including phenoxy) is 1. The number of aromatic nitrogens is 3. The molecule has 0 aliphatic carbocycles. The molecule has 0 bridgehead atoms. The number of nitrogens with one attached hydrogen (secondary N) is 2. The van der Waals surface area contributed by atoms with Gasteiger partial charge < -0.3 is 10.1 Å². The first-order valence-electron chi connectivity index (χ1n) is 15.8. The fraction of sp³-hybridized carbons (Fsp3) is 0.306. The van der Waals surface area contributed by atoms with Crippen molar-refractivity contribution in [1.82, 2.24) is 19.7 Å². The molecule has 3 heterocycles. The Morgan fingerprint density at radius 1 is 0.872 bits per heavy atom. The van der Waals surface area contributed by atoms with Gasteiger partial charge in [0.15, 0.2) is 9.84 Å². The number of nitrogens with zero attached hydrogens (tertiary/aromatic N) is 4. The number of pyridine rings is 1. The van der Waals surface area contributed by atoms with Crippen LogP contribution in [0.1, 0.15) is 37.6 Å². The fourth-order valence-electron chi connectivity index (χ4n) is 5.55. The first-order valence-corrected chi connectivity index (χ1v) is 17.6. The lowest BCUT2D eigenvalue weighted by molar-refractivity contribution is 0.262. The molecule has 0 atom stereocenters. The molecule has 2 amide bonds. The summed E-state index contributed by atoms with van der Waals surface area (Å²) in [4.78, 5) is 19.7. The molecular weight excluding hydrogens is 613 g/mol. The molecule has 244 valence electrons. The minimum Gasteiger partial charge on any atom is -0.493 e. The Morgan fingerprint density at radius 3 is 2.28 bits per heavy atom. The number of carbonyl (C=O) groups excluding carboxylic acids is 1. The van der Waals surface area contributed by atoms with Crippen LogP contribution >= 0.6 is 0 Å². The molecule has 1 fully saturated rings. The standard InChI is InChI=1S/C36H40N6O4S/c1-36(2,3)33-24-34(42(40-33)28-10-8-27(9-11-28)25-41-19-22-47(44,45)23-20-41)39-35(43)38-31-12-13-32(30-7-5-4-6-29(30)31)46-21-16-26-14-17-37-18-15-26/h4-15,17-18,24H,16,19-23,25H2,1-3H3,(H2,38,39,43). The summed E-state index contributed by atoms with van der Waals surface area (Å²) in [5.74, 6) is 1.70. The number of amides is 2. The van der Waals surface area contributed by atoms with Gasteiger partial charge in [0.05, 0.1) is 35.2 Å². The highest BCUT2D eigenvalue weighted by atomic mass is 32.2. The van der Waals surface area contributed by atoms with Gasteiger partial charge >= 0.3 is 6.03 Å². The maximum Gasteiger partial charge on any atom is 0.324 e. The first-order chi connectivity index (χ1) is 22.5. The van der Waals surface area contributed by atoms with Crippen LogP contribution in [0.5, 0.6) is 5.75 Å². The summed E-state index contributed by atoms with van der Waals surface area (Å²) in [7, 11) is -2.92. The third-order valence-corrected chi connectivity index (χ3v) is 9.88. The fourth-order valence-corrected chi connectivity index (χ4v) is 6.82. The maximum atomic E-state index is 13.5. The van der Waals surface area contributed by atoms with Gasteiger partial charge in [-0.3, -0.25) is 15.2 Å². The van der Waals surface area contributed by atoms with E-state index in [1.165, 1.54) is 0 Å². The zero-order valence-corrected chi connectivity index (χ0v) is 27.8. The molecule has 0 unspecified atom stereocenters. The van der Waals surface area contributed by atoms with Crippen molar-refractivity contribution in [2.75, 3.05) is 41.8 Å². The number of fused-ring (bicyclic) bond motifs is 1. The van der Waals surface area contributed by atoms with Crippen molar-refractivity contribution in [2.24, 2.45) is 0 Å². The molecule has 1 aliphatic heterocycles. The summed E-state index contributed by atoms with van der Waals surface area (Å²) in [5, 5.41) is 12.7. The van der Waals surface area contributed by atoms with Crippen molar-refractivity contribution in [3.63, 3.8) is 0 Å². The van der Waals surface area contributed by atoms with Crippen LogP contribution in [0.2, 0.25) is 0 Å². The highest BCUT2D eigenvalue weighted by Crippen LogP contribution is 2.32. The Hall–Kier alpha value is -4.74. The number of anilines is 2.